The molecular weight excluding hydrogens is 363 g/mol. The Morgan fingerprint density at radius 3 is 2.48 bits per heavy atom. The standard InChI is InChI=1S/C13H18BrFN2O3S/c1-8(2)4-5-17(3)13(18)10-6-9(14)7-11(12(10)15)21(16,19)20/h6-8H,4-5H2,1-3H3,(H2,16,19,20). The van der Waals surface area contributed by atoms with Crippen LogP contribution in [0.15, 0.2) is 21.5 Å². The molecule has 0 aliphatic carbocycles. The number of halogens is 2. The van der Waals surface area contributed by atoms with Gasteiger partial charge in [-0.15, -0.1) is 0 Å². The molecule has 1 aromatic rings. The topological polar surface area (TPSA) is 80.5 Å². The molecule has 0 bridgehead atoms. The Morgan fingerprint density at radius 2 is 2.00 bits per heavy atom. The largest absolute Gasteiger partial charge is 0.342 e. The van der Waals surface area contributed by atoms with E-state index in [1.165, 1.54) is 11.0 Å². The predicted molar refractivity (Wildman–Crippen MR) is 81.9 cm³/mol. The third kappa shape index (κ3) is 4.76. The molecule has 5 nitrogen and oxygen atoms in total. The fraction of sp³-hybridized carbons (Fsp3) is 0.462. The van der Waals surface area contributed by atoms with E-state index in [0.29, 0.717) is 12.5 Å². The lowest BCUT2D eigenvalue weighted by atomic mass is 10.1. The van der Waals surface area contributed by atoms with Crippen molar-refractivity contribution in [3.8, 4) is 0 Å². The molecule has 1 amide bonds. The summed E-state index contributed by atoms with van der Waals surface area (Å²) in [5.41, 5.74) is -0.320. The van der Waals surface area contributed by atoms with E-state index in [4.69, 9.17) is 5.14 Å². The van der Waals surface area contributed by atoms with Gasteiger partial charge < -0.3 is 4.90 Å². The van der Waals surface area contributed by atoms with Crippen molar-refractivity contribution in [2.24, 2.45) is 11.1 Å². The Hall–Kier alpha value is -0.990. The minimum atomic E-state index is -4.24. The highest BCUT2D eigenvalue weighted by atomic mass is 79.9. The SMILES string of the molecule is CC(C)CCN(C)C(=O)c1cc(Br)cc(S(N)(=O)=O)c1F. The highest BCUT2D eigenvalue weighted by molar-refractivity contribution is 9.10. The molecule has 21 heavy (non-hydrogen) atoms. The van der Waals surface area contributed by atoms with Gasteiger partial charge in [-0.25, -0.2) is 17.9 Å². The molecule has 0 unspecified atom stereocenters. The smallest absolute Gasteiger partial charge is 0.256 e. The molecule has 0 saturated carbocycles. The molecule has 0 spiro atoms. The van der Waals surface area contributed by atoms with Crippen LogP contribution < -0.4 is 5.14 Å². The predicted octanol–water partition coefficient (Wildman–Crippen LogP) is 2.35. The lowest BCUT2D eigenvalue weighted by Gasteiger charge is -2.19. The van der Waals surface area contributed by atoms with Gasteiger partial charge in [-0.1, -0.05) is 29.8 Å². The van der Waals surface area contributed by atoms with Crippen molar-refractivity contribution in [3.63, 3.8) is 0 Å². The van der Waals surface area contributed by atoms with Crippen LogP contribution in [0.4, 0.5) is 4.39 Å². The first kappa shape index (κ1) is 18.1. The zero-order valence-corrected chi connectivity index (χ0v) is 14.5. The summed E-state index contributed by atoms with van der Waals surface area (Å²) in [4.78, 5) is 12.9. The van der Waals surface area contributed by atoms with Crippen molar-refractivity contribution >= 4 is 31.9 Å². The Bertz CT molecular complexity index is 647. The van der Waals surface area contributed by atoms with E-state index in [9.17, 15) is 17.6 Å². The maximum Gasteiger partial charge on any atom is 0.256 e. The first-order valence-electron chi connectivity index (χ1n) is 6.31. The van der Waals surface area contributed by atoms with Crippen molar-refractivity contribution < 1.29 is 17.6 Å². The van der Waals surface area contributed by atoms with Gasteiger partial charge in [-0.2, -0.15) is 0 Å². The van der Waals surface area contributed by atoms with Crippen LogP contribution in [0.25, 0.3) is 0 Å². The Morgan fingerprint density at radius 1 is 1.43 bits per heavy atom. The number of nitrogens with zero attached hydrogens (tertiary/aromatic N) is 1. The van der Waals surface area contributed by atoms with Crippen LogP contribution in [0.1, 0.15) is 30.6 Å². The lowest BCUT2D eigenvalue weighted by Crippen LogP contribution is -2.30. The van der Waals surface area contributed by atoms with Gasteiger partial charge in [-0.05, 0) is 24.5 Å². The molecule has 0 aliphatic rings. The van der Waals surface area contributed by atoms with E-state index < -0.39 is 26.6 Å². The number of carbonyl (C=O) groups excluding carboxylic acids is 1. The molecule has 118 valence electrons. The van der Waals surface area contributed by atoms with E-state index in [0.717, 1.165) is 12.5 Å². The molecule has 0 heterocycles. The second-order valence-electron chi connectivity index (χ2n) is 5.22. The van der Waals surface area contributed by atoms with E-state index in [1.807, 2.05) is 13.8 Å². The molecule has 0 fully saturated rings. The summed E-state index contributed by atoms with van der Waals surface area (Å²) in [6.07, 6.45) is 0.764. The van der Waals surface area contributed by atoms with E-state index in [1.54, 1.807) is 7.05 Å². The molecule has 0 saturated heterocycles. The number of rotatable bonds is 5. The second-order valence-corrected chi connectivity index (χ2v) is 7.67. The summed E-state index contributed by atoms with van der Waals surface area (Å²) in [5, 5.41) is 4.96. The minimum absolute atomic E-state index is 0.272. The number of sulfonamides is 1. The van der Waals surface area contributed by atoms with Gasteiger partial charge in [0, 0.05) is 18.1 Å². The van der Waals surface area contributed by atoms with Crippen LogP contribution in [0.2, 0.25) is 0 Å². The third-order valence-corrected chi connectivity index (χ3v) is 4.30. The minimum Gasteiger partial charge on any atom is -0.342 e. The molecule has 1 aromatic carbocycles. The second kappa shape index (κ2) is 6.85. The number of hydrogen-bond donors (Lipinski definition) is 1. The molecule has 0 aromatic heterocycles. The summed E-state index contributed by atoms with van der Waals surface area (Å²) in [6, 6.07) is 2.29. The summed E-state index contributed by atoms with van der Waals surface area (Å²) < 4.78 is 37.2. The number of benzene rings is 1. The summed E-state index contributed by atoms with van der Waals surface area (Å²) in [5.74, 6) is -1.31. The first-order valence-corrected chi connectivity index (χ1v) is 8.65. The lowest BCUT2D eigenvalue weighted by molar-refractivity contribution is 0.0784. The number of carbonyl (C=O) groups is 1. The van der Waals surface area contributed by atoms with E-state index in [2.05, 4.69) is 15.9 Å². The molecule has 2 N–H and O–H groups in total. The van der Waals surface area contributed by atoms with Gasteiger partial charge in [0.25, 0.3) is 5.91 Å². The van der Waals surface area contributed by atoms with E-state index >= 15 is 0 Å². The quantitative estimate of drug-likeness (QED) is 0.850. The van der Waals surface area contributed by atoms with Gasteiger partial charge in [-0.3, -0.25) is 4.79 Å². The average molecular weight is 381 g/mol. The maximum atomic E-state index is 14.2. The average Bonchev–Trinajstić information content (AvgIpc) is 2.36. The Balaban J connectivity index is 3.19. The summed E-state index contributed by atoms with van der Waals surface area (Å²) >= 11 is 3.06. The first-order chi connectivity index (χ1) is 9.54. The molecule has 1 rings (SSSR count). The third-order valence-electron chi connectivity index (χ3n) is 2.93. The van der Waals surface area contributed by atoms with Crippen LogP contribution >= 0.6 is 15.9 Å². The van der Waals surface area contributed by atoms with Crippen molar-refractivity contribution in [2.75, 3.05) is 13.6 Å². The highest BCUT2D eigenvalue weighted by Gasteiger charge is 2.24. The zero-order chi connectivity index (χ0) is 16.4. The van der Waals surface area contributed by atoms with Crippen LogP contribution in [0, 0.1) is 11.7 Å². The van der Waals surface area contributed by atoms with Gasteiger partial charge in [0.1, 0.15) is 4.90 Å². The Labute approximate surface area is 132 Å². The maximum absolute atomic E-state index is 14.2. The van der Waals surface area contributed by atoms with Crippen molar-refractivity contribution in [3.05, 3.63) is 28.0 Å². The zero-order valence-electron chi connectivity index (χ0n) is 12.1. The summed E-state index contributed by atoms with van der Waals surface area (Å²) in [6.45, 7) is 4.47. The van der Waals surface area contributed by atoms with Gasteiger partial charge in [0.15, 0.2) is 5.82 Å². The van der Waals surface area contributed by atoms with Gasteiger partial charge >= 0.3 is 0 Å². The molecule has 0 radical (unpaired) electrons. The fourth-order valence-corrected chi connectivity index (χ4v) is 2.95. The molecular formula is C13H18BrFN2O3S. The van der Waals surface area contributed by atoms with Gasteiger partial charge in [0.2, 0.25) is 10.0 Å². The number of hydrogen-bond acceptors (Lipinski definition) is 3. The molecule has 0 aliphatic heterocycles. The highest BCUT2D eigenvalue weighted by Crippen LogP contribution is 2.24. The fourth-order valence-electron chi connectivity index (χ4n) is 1.69. The number of amides is 1. The van der Waals surface area contributed by atoms with Crippen molar-refractivity contribution in [1.82, 2.24) is 4.90 Å². The molecule has 8 heteroatoms. The van der Waals surface area contributed by atoms with Crippen molar-refractivity contribution in [1.29, 1.82) is 0 Å². The Kier molecular flexibility index (Phi) is 5.89. The summed E-state index contributed by atoms with van der Waals surface area (Å²) in [7, 11) is -2.70. The van der Waals surface area contributed by atoms with Crippen LogP contribution in [-0.4, -0.2) is 32.8 Å². The monoisotopic (exact) mass is 380 g/mol. The number of primary sulfonamides is 1. The van der Waals surface area contributed by atoms with Crippen LogP contribution in [0.5, 0.6) is 0 Å². The van der Waals surface area contributed by atoms with E-state index in [-0.39, 0.29) is 10.0 Å². The number of nitrogens with two attached hydrogens (primary N) is 1. The van der Waals surface area contributed by atoms with Gasteiger partial charge in [0.05, 0.1) is 5.56 Å². The van der Waals surface area contributed by atoms with Crippen LogP contribution in [-0.2, 0) is 10.0 Å². The van der Waals surface area contributed by atoms with Crippen molar-refractivity contribution in [2.45, 2.75) is 25.2 Å². The normalized spacial score (nSPS) is 11.8. The molecule has 0 atom stereocenters. The van der Waals surface area contributed by atoms with Crippen LogP contribution in [0.3, 0.4) is 0 Å².